The predicted octanol–water partition coefficient (Wildman–Crippen LogP) is -0.0795. The van der Waals surface area contributed by atoms with E-state index < -0.39 is 20.2 Å². The minimum Gasteiger partial charge on any atom is -0.271 e. The number of sulfonamides is 1. The summed E-state index contributed by atoms with van der Waals surface area (Å²) in [6.07, 6.45) is 1.12. The van der Waals surface area contributed by atoms with Crippen molar-refractivity contribution in [2.45, 2.75) is 0 Å². The Bertz CT molecular complexity index is 650. The Balaban J connectivity index is 2.03. The summed E-state index contributed by atoms with van der Waals surface area (Å²) in [5.41, 5.74) is 0.484. The van der Waals surface area contributed by atoms with E-state index in [2.05, 4.69) is 4.72 Å². The summed E-state index contributed by atoms with van der Waals surface area (Å²) in [6, 6.07) is 8.58. The number of anilines is 1. The second-order valence-corrected chi connectivity index (χ2v) is 8.19. The van der Waals surface area contributed by atoms with Gasteiger partial charge in [-0.05, 0) is 12.1 Å². The van der Waals surface area contributed by atoms with Gasteiger partial charge in [-0.15, -0.1) is 0 Å². The van der Waals surface area contributed by atoms with Gasteiger partial charge >= 0.3 is 10.2 Å². The summed E-state index contributed by atoms with van der Waals surface area (Å²) in [5, 5.41) is 0. The molecule has 7 nitrogen and oxygen atoms in total. The highest BCUT2D eigenvalue weighted by Gasteiger charge is 2.30. The molecule has 1 aromatic carbocycles. The largest absolute Gasteiger partial charge is 0.301 e. The summed E-state index contributed by atoms with van der Waals surface area (Å²) in [6.45, 7) is 0.646. The van der Waals surface area contributed by atoms with Gasteiger partial charge < -0.3 is 0 Å². The van der Waals surface area contributed by atoms with E-state index in [-0.39, 0.29) is 26.2 Å². The molecule has 1 fully saturated rings. The molecular weight excluding hydrogens is 302 g/mol. The normalized spacial score (nSPS) is 18.9. The number of nitrogens with zero attached hydrogens (tertiary/aromatic N) is 2. The summed E-state index contributed by atoms with van der Waals surface area (Å²) < 4.78 is 52.1. The van der Waals surface area contributed by atoms with Crippen molar-refractivity contribution in [3.05, 3.63) is 30.3 Å². The fraction of sp³-hybridized carbons (Fsp3) is 0.455. The Hall–Kier alpha value is -1.16. The van der Waals surface area contributed by atoms with Crippen molar-refractivity contribution in [3.63, 3.8) is 0 Å². The quantitative estimate of drug-likeness (QED) is 0.841. The molecular formula is C11H17N3O4S2. The molecule has 2 rings (SSSR count). The Kier molecular flexibility index (Phi) is 4.33. The van der Waals surface area contributed by atoms with Crippen LogP contribution in [0.4, 0.5) is 5.69 Å². The zero-order valence-electron chi connectivity index (χ0n) is 11.1. The molecule has 0 aromatic heterocycles. The molecule has 1 aromatic rings. The van der Waals surface area contributed by atoms with Gasteiger partial charge in [0.1, 0.15) is 0 Å². The van der Waals surface area contributed by atoms with Gasteiger partial charge in [0.05, 0.1) is 6.26 Å². The van der Waals surface area contributed by atoms with Crippen molar-refractivity contribution in [2.24, 2.45) is 0 Å². The van der Waals surface area contributed by atoms with Crippen molar-refractivity contribution in [2.75, 3.05) is 37.2 Å². The highest BCUT2D eigenvalue weighted by atomic mass is 32.2. The van der Waals surface area contributed by atoms with E-state index >= 15 is 0 Å². The molecule has 1 aliphatic heterocycles. The van der Waals surface area contributed by atoms with Crippen LogP contribution in [0.15, 0.2) is 30.3 Å². The molecule has 1 aliphatic rings. The predicted molar refractivity (Wildman–Crippen MR) is 77.0 cm³/mol. The van der Waals surface area contributed by atoms with Gasteiger partial charge in [0.25, 0.3) is 0 Å². The SMILES string of the molecule is CS(=O)(=O)N1CCN(S(=O)(=O)Nc2ccccc2)CC1. The number of para-hydroxylation sites is 1. The second-order valence-electron chi connectivity index (χ2n) is 4.53. The highest BCUT2D eigenvalue weighted by molar-refractivity contribution is 7.90. The average molecular weight is 319 g/mol. The van der Waals surface area contributed by atoms with E-state index in [0.29, 0.717) is 5.69 Å². The average Bonchev–Trinajstić information content (AvgIpc) is 2.38. The van der Waals surface area contributed by atoms with E-state index in [1.807, 2.05) is 0 Å². The fourth-order valence-electron chi connectivity index (χ4n) is 1.96. The van der Waals surface area contributed by atoms with Gasteiger partial charge in [-0.1, -0.05) is 18.2 Å². The molecule has 0 bridgehead atoms. The summed E-state index contributed by atoms with van der Waals surface area (Å²) in [4.78, 5) is 0. The molecule has 0 radical (unpaired) electrons. The van der Waals surface area contributed by atoms with Crippen LogP contribution >= 0.6 is 0 Å². The molecule has 112 valence electrons. The molecule has 1 N–H and O–H groups in total. The van der Waals surface area contributed by atoms with Crippen LogP contribution in [-0.4, -0.2) is 57.9 Å². The van der Waals surface area contributed by atoms with Gasteiger partial charge in [-0.2, -0.15) is 17.0 Å². The zero-order chi connectivity index (χ0) is 14.8. The molecule has 0 spiro atoms. The van der Waals surface area contributed by atoms with Crippen molar-refractivity contribution in [1.82, 2.24) is 8.61 Å². The second kappa shape index (κ2) is 5.68. The van der Waals surface area contributed by atoms with Crippen LogP contribution in [0.25, 0.3) is 0 Å². The van der Waals surface area contributed by atoms with Crippen molar-refractivity contribution in [3.8, 4) is 0 Å². The Morgan fingerprint density at radius 3 is 1.90 bits per heavy atom. The number of piperazine rings is 1. The highest BCUT2D eigenvalue weighted by Crippen LogP contribution is 2.14. The van der Waals surface area contributed by atoms with Crippen LogP contribution < -0.4 is 4.72 Å². The number of hydrogen-bond donors (Lipinski definition) is 1. The number of nitrogens with one attached hydrogen (secondary N) is 1. The minimum absolute atomic E-state index is 0.148. The van der Waals surface area contributed by atoms with Crippen molar-refractivity contribution >= 4 is 25.9 Å². The fourth-order valence-corrected chi connectivity index (χ4v) is 4.00. The molecule has 20 heavy (non-hydrogen) atoms. The lowest BCUT2D eigenvalue weighted by molar-refractivity contribution is 0.275. The molecule has 0 atom stereocenters. The van der Waals surface area contributed by atoms with Crippen LogP contribution in [0.2, 0.25) is 0 Å². The third-order valence-corrected chi connectivity index (χ3v) is 5.87. The smallest absolute Gasteiger partial charge is 0.271 e. The van der Waals surface area contributed by atoms with Crippen LogP contribution in [0, 0.1) is 0 Å². The molecule has 1 heterocycles. The van der Waals surface area contributed by atoms with E-state index in [9.17, 15) is 16.8 Å². The van der Waals surface area contributed by atoms with Gasteiger partial charge in [0.15, 0.2) is 0 Å². The van der Waals surface area contributed by atoms with E-state index in [0.717, 1.165) is 6.26 Å². The van der Waals surface area contributed by atoms with Gasteiger partial charge in [0.2, 0.25) is 10.0 Å². The maximum atomic E-state index is 12.2. The topological polar surface area (TPSA) is 86.8 Å². The summed E-state index contributed by atoms with van der Waals surface area (Å²) >= 11 is 0. The summed E-state index contributed by atoms with van der Waals surface area (Å²) in [7, 11) is -6.91. The first kappa shape index (κ1) is 15.2. The van der Waals surface area contributed by atoms with Crippen LogP contribution in [0.1, 0.15) is 0 Å². The van der Waals surface area contributed by atoms with Crippen molar-refractivity contribution in [1.29, 1.82) is 0 Å². The first-order valence-electron chi connectivity index (χ1n) is 6.07. The van der Waals surface area contributed by atoms with Crippen molar-refractivity contribution < 1.29 is 16.8 Å². The Morgan fingerprint density at radius 1 is 0.900 bits per heavy atom. The number of hydrogen-bond acceptors (Lipinski definition) is 4. The lowest BCUT2D eigenvalue weighted by Crippen LogP contribution is -2.51. The third kappa shape index (κ3) is 3.69. The Morgan fingerprint density at radius 2 is 1.40 bits per heavy atom. The van der Waals surface area contributed by atoms with Gasteiger partial charge in [0, 0.05) is 31.9 Å². The standard InChI is InChI=1S/C11H17N3O4S2/c1-19(15,16)13-7-9-14(10-8-13)20(17,18)12-11-5-3-2-4-6-11/h2-6,12H,7-10H2,1H3. The van der Waals surface area contributed by atoms with Crippen LogP contribution in [0.3, 0.4) is 0 Å². The molecule has 0 unspecified atom stereocenters. The lowest BCUT2D eigenvalue weighted by Gasteiger charge is -2.32. The van der Waals surface area contributed by atoms with Crippen LogP contribution in [0.5, 0.6) is 0 Å². The minimum atomic E-state index is -3.64. The van der Waals surface area contributed by atoms with Gasteiger partial charge in [-0.25, -0.2) is 8.42 Å². The molecule has 0 saturated carbocycles. The lowest BCUT2D eigenvalue weighted by atomic mass is 10.3. The monoisotopic (exact) mass is 319 g/mol. The molecule has 0 aliphatic carbocycles. The maximum Gasteiger partial charge on any atom is 0.301 e. The first-order valence-corrected chi connectivity index (χ1v) is 9.36. The third-order valence-electron chi connectivity index (χ3n) is 3.03. The first-order chi connectivity index (χ1) is 9.29. The molecule has 1 saturated heterocycles. The van der Waals surface area contributed by atoms with E-state index in [1.165, 1.54) is 8.61 Å². The van der Waals surface area contributed by atoms with E-state index in [4.69, 9.17) is 0 Å². The maximum absolute atomic E-state index is 12.2. The number of benzene rings is 1. The summed E-state index contributed by atoms with van der Waals surface area (Å²) in [5.74, 6) is 0. The molecule has 0 amide bonds. The Labute approximate surface area is 119 Å². The number of rotatable bonds is 4. The van der Waals surface area contributed by atoms with Crippen LogP contribution in [-0.2, 0) is 20.2 Å². The zero-order valence-corrected chi connectivity index (χ0v) is 12.7. The molecule has 9 heteroatoms. The van der Waals surface area contributed by atoms with Gasteiger partial charge in [-0.3, -0.25) is 4.72 Å². The van der Waals surface area contributed by atoms with E-state index in [1.54, 1.807) is 30.3 Å².